The predicted molar refractivity (Wildman–Crippen MR) is 170 cm³/mol. The Morgan fingerprint density at radius 1 is 0.744 bits per heavy atom. The molecule has 43 heavy (non-hydrogen) atoms. The van der Waals surface area contributed by atoms with Gasteiger partial charge in [-0.05, 0) is 69.3 Å². The zero-order chi connectivity index (χ0) is 30.8. The van der Waals surface area contributed by atoms with E-state index in [4.69, 9.17) is 9.47 Å². The van der Waals surface area contributed by atoms with Crippen molar-refractivity contribution in [2.75, 3.05) is 23.8 Å². The summed E-state index contributed by atoms with van der Waals surface area (Å²) in [5.74, 6) is 1.40. The lowest BCUT2D eigenvalue weighted by Crippen LogP contribution is -2.22. The Bertz CT molecular complexity index is 1800. The Balaban J connectivity index is 0.000000197. The first-order chi connectivity index (χ1) is 20.8. The fraction of sp³-hybridized carbons (Fsp3) is 0.176. The van der Waals surface area contributed by atoms with Gasteiger partial charge in [0.25, 0.3) is 11.5 Å². The van der Waals surface area contributed by atoms with Crippen molar-refractivity contribution in [2.24, 2.45) is 0 Å². The lowest BCUT2D eigenvalue weighted by Gasteiger charge is -2.14. The number of rotatable bonds is 8. The van der Waals surface area contributed by atoms with Gasteiger partial charge in [0, 0.05) is 6.92 Å². The molecule has 9 nitrogen and oxygen atoms in total. The Labute approximate surface area is 250 Å². The van der Waals surface area contributed by atoms with Gasteiger partial charge >= 0.3 is 0 Å². The first-order valence-electron chi connectivity index (χ1n) is 13.9. The summed E-state index contributed by atoms with van der Waals surface area (Å²) in [7, 11) is 0. The van der Waals surface area contributed by atoms with Crippen LogP contribution >= 0.6 is 0 Å². The highest BCUT2D eigenvalue weighted by Gasteiger charge is 2.15. The molecule has 2 amide bonds. The van der Waals surface area contributed by atoms with E-state index in [9.17, 15) is 14.4 Å². The molecule has 0 aliphatic heterocycles. The second-order valence-corrected chi connectivity index (χ2v) is 9.33. The van der Waals surface area contributed by atoms with E-state index in [-0.39, 0.29) is 17.4 Å². The number of aromatic nitrogens is 2. The van der Waals surface area contributed by atoms with Crippen LogP contribution in [-0.2, 0) is 4.79 Å². The van der Waals surface area contributed by atoms with E-state index >= 15 is 0 Å². The number of hydrogen-bond donors (Lipinski definition) is 2. The Morgan fingerprint density at radius 3 is 2.05 bits per heavy atom. The zero-order valence-electron chi connectivity index (χ0n) is 24.6. The average molecular weight is 579 g/mol. The molecular formula is C34H34N4O5. The van der Waals surface area contributed by atoms with E-state index in [1.807, 2.05) is 75.4 Å². The van der Waals surface area contributed by atoms with Crippen LogP contribution in [0, 0.1) is 6.92 Å². The number of nitrogens with one attached hydrogen (secondary N) is 2. The topological polar surface area (TPSA) is 112 Å². The molecule has 9 heteroatoms. The summed E-state index contributed by atoms with van der Waals surface area (Å²) in [6.07, 6.45) is 0. The average Bonchev–Trinajstić information content (AvgIpc) is 2.99. The molecule has 1 heterocycles. The third-order valence-electron chi connectivity index (χ3n) is 6.27. The van der Waals surface area contributed by atoms with E-state index in [2.05, 4.69) is 15.6 Å². The molecule has 0 fully saturated rings. The molecule has 4 aromatic carbocycles. The molecule has 0 spiro atoms. The molecule has 0 unspecified atom stereocenters. The number of carbonyl (C=O) groups is 2. The SMILES string of the molecule is CCOc1ccccc1-n1c(C)nc2ccccc2c1=O.CCOc1ccccc1NC(=O)c1ccccc1NC(C)=O. The minimum absolute atomic E-state index is 0.0785. The van der Waals surface area contributed by atoms with Crippen LogP contribution in [0.1, 0.15) is 37.0 Å². The van der Waals surface area contributed by atoms with Crippen LogP contribution in [0.3, 0.4) is 0 Å². The second kappa shape index (κ2) is 14.5. The Kier molecular flexibility index (Phi) is 10.3. The number of amides is 2. The number of fused-ring (bicyclic) bond motifs is 1. The Hall–Kier alpha value is -5.44. The summed E-state index contributed by atoms with van der Waals surface area (Å²) in [6.45, 7) is 8.09. The third-order valence-corrected chi connectivity index (χ3v) is 6.27. The van der Waals surface area contributed by atoms with Crippen molar-refractivity contribution in [3.63, 3.8) is 0 Å². The molecule has 0 saturated carbocycles. The summed E-state index contributed by atoms with van der Waals surface area (Å²) in [5.41, 5.74) is 2.81. The maximum Gasteiger partial charge on any atom is 0.266 e. The molecule has 0 saturated heterocycles. The van der Waals surface area contributed by atoms with E-state index in [1.54, 1.807) is 47.0 Å². The number of ether oxygens (including phenoxy) is 2. The minimum Gasteiger partial charge on any atom is -0.492 e. The van der Waals surface area contributed by atoms with Gasteiger partial charge in [0.2, 0.25) is 5.91 Å². The van der Waals surface area contributed by atoms with Gasteiger partial charge in [0.15, 0.2) is 0 Å². The number of hydrogen-bond acceptors (Lipinski definition) is 6. The number of nitrogens with zero attached hydrogens (tertiary/aromatic N) is 2. The van der Waals surface area contributed by atoms with Crippen LogP contribution in [0.2, 0.25) is 0 Å². The highest BCUT2D eigenvalue weighted by Crippen LogP contribution is 2.26. The number of benzene rings is 4. The molecule has 0 bridgehead atoms. The summed E-state index contributed by atoms with van der Waals surface area (Å²) in [6, 6.07) is 28.9. The number of aryl methyl sites for hydroxylation is 1. The van der Waals surface area contributed by atoms with E-state index in [0.29, 0.717) is 58.4 Å². The van der Waals surface area contributed by atoms with Crippen molar-refractivity contribution < 1.29 is 19.1 Å². The summed E-state index contributed by atoms with van der Waals surface area (Å²) < 4.78 is 12.7. The van der Waals surface area contributed by atoms with Gasteiger partial charge in [0.1, 0.15) is 17.3 Å². The minimum atomic E-state index is -0.309. The van der Waals surface area contributed by atoms with Crippen LogP contribution in [0.4, 0.5) is 11.4 Å². The van der Waals surface area contributed by atoms with Crippen LogP contribution in [0.15, 0.2) is 102 Å². The monoisotopic (exact) mass is 578 g/mol. The predicted octanol–water partition coefficient (Wildman–Crippen LogP) is 6.39. The largest absolute Gasteiger partial charge is 0.492 e. The molecule has 5 aromatic rings. The number of anilines is 2. The van der Waals surface area contributed by atoms with E-state index in [1.165, 1.54) is 6.92 Å². The standard InChI is InChI=1S/C17H18N2O3.C17H16N2O2/c1-3-22-16-11-7-6-10-15(16)19-17(21)13-8-4-5-9-14(13)18-12(2)20;1-3-21-16-11-7-6-10-15(16)19-12(2)18-14-9-5-4-8-13(14)17(19)20/h4-11H,3H2,1-2H3,(H,18,20)(H,19,21);4-11H,3H2,1-2H3. The maximum atomic E-state index is 12.8. The van der Waals surface area contributed by atoms with Crippen LogP contribution in [0.5, 0.6) is 11.5 Å². The van der Waals surface area contributed by atoms with Crippen LogP contribution < -0.4 is 25.7 Å². The van der Waals surface area contributed by atoms with Gasteiger partial charge < -0.3 is 20.1 Å². The van der Waals surface area contributed by atoms with Gasteiger partial charge in [0.05, 0.1) is 46.7 Å². The first kappa shape index (κ1) is 30.5. The molecular weight excluding hydrogens is 544 g/mol. The normalized spacial score (nSPS) is 10.3. The summed E-state index contributed by atoms with van der Waals surface area (Å²) in [5, 5.41) is 6.06. The molecule has 0 aliphatic carbocycles. The number of carbonyl (C=O) groups excluding carboxylic acids is 2. The van der Waals surface area contributed by atoms with E-state index < -0.39 is 0 Å². The van der Waals surface area contributed by atoms with Crippen molar-refractivity contribution in [3.05, 3.63) is 119 Å². The highest BCUT2D eigenvalue weighted by atomic mass is 16.5. The lowest BCUT2D eigenvalue weighted by atomic mass is 10.1. The first-order valence-corrected chi connectivity index (χ1v) is 13.9. The lowest BCUT2D eigenvalue weighted by molar-refractivity contribution is -0.114. The van der Waals surface area contributed by atoms with Crippen LogP contribution in [-0.4, -0.2) is 34.6 Å². The molecule has 5 rings (SSSR count). The fourth-order valence-electron chi connectivity index (χ4n) is 4.47. The highest BCUT2D eigenvalue weighted by molar-refractivity contribution is 6.10. The van der Waals surface area contributed by atoms with Crippen molar-refractivity contribution in [2.45, 2.75) is 27.7 Å². The van der Waals surface area contributed by atoms with Gasteiger partial charge in [-0.3, -0.25) is 19.0 Å². The van der Waals surface area contributed by atoms with Gasteiger partial charge in [-0.25, -0.2) is 4.98 Å². The van der Waals surface area contributed by atoms with Crippen molar-refractivity contribution >= 4 is 34.1 Å². The smallest absolute Gasteiger partial charge is 0.266 e. The van der Waals surface area contributed by atoms with Gasteiger partial charge in [-0.15, -0.1) is 0 Å². The molecule has 220 valence electrons. The molecule has 0 atom stereocenters. The van der Waals surface area contributed by atoms with Gasteiger partial charge in [-0.2, -0.15) is 0 Å². The number of para-hydroxylation sites is 6. The van der Waals surface area contributed by atoms with Crippen molar-refractivity contribution in [1.82, 2.24) is 9.55 Å². The van der Waals surface area contributed by atoms with E-state index in [0.717, 1.165) is 5.69 Å². The fourth-order valence-corrected chi connectivity index (χ4v) is 4.47. The summed E-state index contributed by atoms with van der Waals surface area (Å²) >= 11 is 0. The third kappa shape index (κ3) is 7.45. The second-order valence-electron chi connectivity index (χ2n) is 9.33. The molecule has 1 aromatic heterocycles. The summed E-state index contributed by atoms with van der Waals surface area (Å²) in [4.78, 5) is 41.0. The van der Waals surface area contributed by atoms with Crippen molar-refractivity contribution in [1.29, 1.82) is 0 Å². The molecule has 0 radical (unpaired) electrons. The quantitative estimate of drug-likeness (QED) is 0.221. The Morgan fingerprint density at radius 2 is 1.33 bits per heavy atom. The molecule has 2 N–H and O–H groups in total. The van der Waals surface area contributed by atoms with Gasteiger partial charge in [-0.1, -0.05) is 48.5 Å². The van der Waals surface area contributed by atoms with Crippen molar-refractivity contribution in [3.8, 4) is 17.2 Å². The maximum absolute atomic E-state index is 12.8. The van der Waals surface area contributed by atoms with Crippen LogP contribution in [0.25, 0.3) is 16.6 Å². The zero-order valence-corrected chi connectivity index (χ0v) is 24.6. The molecule has 0 aliphatic rings.